The maximum atomic E-state index is 11.9. The molecule has 0 unspecified atom stereocenters. The van der Waals surface area contributed by atoms with Gasteiger partial charge in [0.05, 0.1) is 5.75 Å². The number of amides is 2. The van der Waals surface area contributed by atoms with Crippen LogP contribution >= 0.6 is 11.8 Å². The minimum absolute atomic E-state index is 0.00731. The second kappa shape index (κ2) is 9.67. The quantitative estimate of drug-likeness (QED) is 0.567. The van der Waals surface area contributed by atoms with E-state index in [9.17, 15) is 9.59 Å². The van der Waals surface area contributed by atoms with Crippen molar-refractivity contribution in [3.63, 3.8) is 0 Å². The van der Waals surface area contributed by atoms with E-state index in [2.05, 4.69) is 20.6 Å². The van der Waals surface area contributed by atoms with Crippen LogP contribution in [0.2, 0.25) is 0 Å². The Morgan fingerprint density at radius 3 is 2.17 bits per heavy atom. The molecule has 0 aliphatic heterocycles. The van der Waals surface area contributed by atoms with Gasteiger partial charge in [0.15, 0.2) is 5.16 Å². The molecule has 24 heavy (non-hydrogen) atoms. The predicted molar refractivity (Wildman–Crippen MR) is 96.0 cm³/mol. The number of hydrogen-bond donors (Lipinski definition) is 2. The Morgan fingerprint density at radius 1 is 1.00 bits per heavy atom. The molecule has 0 aliphatic rings. The van der Waals surface area contributed by atoms with E-state index < -0.39 is 0 Å². The summed E-state index contributed by atoms with van der Waals surface area (Å²) in [6, 6.07) is 8.79. The number of rotatable bonds is 8. The molecule has 2 aromatic rings. The van der Waals surface area contributed by atoms with Crippen LogP contribution in [0.3, 0.4) is 0 Å². The number of nitrogens with zero attached hydrogens (tertiary/aromatic N) is 2. The van der Waals surface area contributed by atoms with Crippen molar-refractivity contribution >= 4 is 35.0 Å². The van der Waals surface area contributed by atoms with Gasteiger partial charge in [-0.25, -0.2) is 9.97 Å². The number of benzene rings is 1. The van der Waals surface area contributed by atoms with Crippen LogP contribution in [0.1, 0.15) is 26.2 Å². The van der Waals surface area contributed by atoms with Crippen molar-refractivity contribution in [1.82, 2.24) is 9.97 Å². The molecule has 0 saturated carbocycles. The Kier molecular flexibility index (Phi) is 7.22. The Balaban J connectivity index is 1.78. The van der Waals surface area contributed by atoms with Crippen LogP contribution in [0.5, 0.6) is 0 Å². The van der Waals surface area contributed by atoms with Gasteiger partial charge in [-0.2, -0.15) is 0 Å². The van der Waals surface area contributed by atoms with Crippen LogP contribution in [0, 0.1) is 0 Å². The van der Waals surface area contributed by atoms with Crippen molar-refractivity contribution < 1.29 is 9.59 Å². The molecular weight excluding hydrogens is 324 g/mol. The van der Waals surface area contributed by atoms with Gasteiger partial charge in [-0.1, -0.05) is 25.1 Å². The van der Waals surface area contributed by atoms with Gasteiger partial charge in [-0.3, -0.25) is 9.59 Å². The Morgan fingerprint density at radius 2 is 1.58 bits per heavy atom. The molecular formula is C17H20N4O2S. The minimum atomic E-state index is -0.132. The fourth-order valence-electron chi connectivity index (χ4n) is 1.88. The van der Waals surface area contributed by atoms with Crippen molar-refractivity contribution in [2.75, 3.05) is 16.4 Å². The molecule has 0 bridgehead atoms. The molecule has 6 nitrogen and oxygen atoms in total. The van der Waals surface area contributed by atoms with E-state index in [1.807, 2.05) is 6.92 Å². The van der Waals surface area contributed by atoms with Gasteiger partial charge in [0.1, 0.15) is 0 Å². The van der Waals surface area contributed by atoms with Gasteiger partial charge < -0.3 is 10.6 Å². The number of unbranched alkanes of at least 4 members (excludes halogenated alkanes) is 1. The highest BCUT2D eigenvalue weighted by molar-refractivity contribution is 7.99. The number of aromatic nitrogens is 2. The summed E-state index contributed by atoms with van der Waals surface area (Å²) < 4.78 is 0. The average Bonchev–Trinajstić information content (AvgIpc) is 2.61. The smallest absolute Gasteiger partial charge is 0.234 e. The van der Waals surface area contributed by atoms with E-state index in [0.29, 0.717) is 17.3 Å². The molecule has 2 rings (SSSR count). The van der Waals surface area contributed by atoms with Crippen LogP contribution in [0.25, 0.3) is 0 Å². The zero-order valence-corrected chi connectivity index (χ0v) is 14.3. The second-order valence-corrected chi connectivity index (χ2v) is 6.04. The minimum Gasteiger partial charge on any atom is -0.326 e. The second-order valence-electron chi connectivity index (χ2n) is 5.10. The zero-order valence-electron chi connectivity index (χ0n) is 13.5. The van der Waals surface area contributed by atoms with Crippen LogP contribution in [0.4, 0.5) is 11.4 Å². The first kappa shape index (κ1) is 17.9. The Hall–Kier alpha value is -2.41. The number of carbonyl (C=O) groups is 2. The van der Waals surface area contributed by atoms with E-state index >= 15 is 0 Å². The first-order valence-corrected chi connectivity index (χ1v) is 8.75. The van der Waals surface area contributed by atoms with Crippen molar-refractivity contribution in [1.29, 1.82) is 0 Å². The average molecular weight is 344 g/mol. The summed E-state index contributed by atoms with van der Waals surface area (Å²) in [6.45, 7) is 2.05. The highest BCUT2D eigenvalue weighted by Crippen LogP contribution is 2.16. The van der Waals surface area contributed by atoms with E-state index in [4.69, 9.17) is 0 Å². The van der Waals surface area contributed by atoms with Crippen LogP contribution < -0.4 is 10.6 Å². The number of nitrogens with one attached hydrogen (secondary N) is 2. The molecule has 1 aromatic carbocycles. The zero-order chi connectivity index (χ0) is 17.2. The highest BCUT2D eigenvalue weighted by Gasteiger charge is 2.06. The van der Waals surface area contributed by atoms with Crippen molar-refractivity contribution in [2.45, 2.75) is 31.3 Å². The molecule has 1 heterocycles. The monoisotopic (exact) mass is 344 g/mol. The number of thioether (sulfide) groups is 1. The van der Waals surface area contributed by atoms with Crippen LogP contribution in [-0.2, 0) is 9.59 Å². The van der Waals surface area contributed by atoms with Crippen molar-refractivity contribution in [3.8, 4) is 0 Å². The summed E-state index contributed by atoms with van der Waals surface area (Å²) >= 11 is 1.28. The van der Waals surface area contributed by atoms with Gasteiger partial charge in [0, 0.05) is 30.2 Å². The highest BCUT2D eigenvalue weighted by atomic mass is 32.2. The van der Waals surface area contributed by atoms with Crippen LogP contribution in [0.15, 0.2) is 47.9 Å². The first-order chi connectivity index (χ1) is 11.7. The maximum absolute atomic E-state index is 11.9. The van der Waals surface area contributed by atoms with Gasteiger partial charge >= 0.3 is 0 Å². The summed E-state index contributed by atoms with van der Waals surface area (Å²) in [7, 11) is 0. The summed E-state index contributed by atoms with van der Waals surface area (Å²) in [5.41, 5.74) is 1.40. The molecule has 0 aliphatic carbocycles. The summed E-state index contributed by atoms with van der Waals surface area (Å²) in [4.78, 5) is 31.7. The maximum Gasteiger partial charge on any atom is 0.234 e. The number of carbonyl (C=O) groups excluding carboxylic acids is 2. The first-order valence-electron chi connectivity index (χ1n) is 7.77. The van der Waals surface area contributed by atoms with E-state index in [0.717, 1.165) is 18.5 Å². The van der Waals surface area contributed by atoms with Crippen LogP contribution in [-0.4, -0.2) is 27.5 Å². The molecule has 2 N–H and O–H groups in total. The molecule has 0 saturated heterocycles. The lowest BCUT2D eigenvalue weighted by Gasteiger charge is -2.07. The summed E-state index contributed by atoms with van der Waals surface area (Å²) in [6.07, 6.45) is 5.67. The third-order valence-electron chi connectivity index (χ3n) is 3.08. The fourth-order valence-corrected chi connectivity index (χ4v) is 2.49. The lowest BCUT2D eigenvalue weighted by molar-refractivity contribution is -0.116. The van der Waals surface area contributed by atoms with Crippen molar-refractivity contribution in [2.24, 2.45) is 0 Å². The summed E-state index contributed by atoms with van der Waals surface area (Å²) in [5.74, 6) is 0.111. The molecule has 2 amide bonds. The van der Waals surface area contributed by atoms with E-state index in [-0.39, 0.29) is 17.6 Å². The largest absolute Gasteiger partial charge is 0.326 e. The normalized spacial score (nSPS) is 10.2. The number of hydrogen-bond acceptors (Lipinski definition) is 5. The molecule has 7 heteroatoms. The SMILES string of the molecule is CCCCC(=O)Nc1ccc(NC(=O)CSc2ncccn2)cc1. The summed E-state index contributed by atoms with van der Waals surface area (Å²) in [5, 5.41) is 6.20. The Labute approximate surface area is 145 Å². The lowest BCUT2D eigenvalue weighted by Crippen LogP contribution is -2.14. The lowest BCUT2D eigenvalue weighted by atomic mass is 10.2. The predicted octanol–water partition coefficient (Wildman–Crippen LogP) is 3.34. The molecule has 0 atom stereocenters. The molecule has 126 valence electrons. The van der Waals surface area contributed by atoms with E-state index in [1.54, 1.807) is 42.7 Å². The topological polar surface area (TPSA) is 84.0 Å². The molecule has 0 spiro atoms. The number of anilines is 2. The van der Waals surface area contributed by atoms with Gasteiger partial charge in [-0.15, -0.1) is 0 Å². The fraction of sp³-hybridized carbons (Fsp3) is 0.294. The molecule has 0 fully saturated rings. The third kappa shape index (κ3) is 6.37. The van der Waals surface area contributed by atoms with Gasteiger partial charge in [-0.05, 0) is 36.8 Å². The van der Waals surface area contributed by atoms with E-state index in [1.165, 1.54) is 11.8 Å². The van der Waals surface area contributed by atoms with Crippen molar-refractivity contribution in [3.05, 3.63) is 42.7 Å². The molecule has 0 radical (unpaired) electrons. The molecule has 1 aromatic heterocycles. The van der Waals surface area contributed by atoms with Gasteiger partial charge in [0.25, 0.3) is 0 Å². The third-order valence-corrected chi connectivity index (χ3v) is 3.96. The standard InChI is InChI=1S/C17H20N4O2S/c1-2-3-5-15(22)20-13-6-8-14(9-7-13)21-16(23)12-24-17-18-10-4-11-19-17/h4,6-11H,2-3,5,12H2,1H3,(H,20,22)(H,21,23). The van der Waals surface area contributed by atoms with Gasteiger partial charge in [0.2, 0.25) is 11.8 Å². The Bertz CT molecular complexity index is 662.